The maximum Gasteiger partial charge on any atom is 0.234 e. The average molecular weight is 369 g/mol. The Hall–Kier alpha value is -1.64. The van der Waals surface area contributed by atoms with Crippen LogP contribution in [0.15, 0.2) is 30.3 Å². The molecule has 1 N–H and O–H groups in total. The molecule has 0 aromatic heterocycles. The number of sulfonamides is 1. The lowest BCUT2D eigenvalue weighted by Crippen LogP contribution is -2.50. The molecule has 140 valence electrons. The Labute approximate surface area is 150 Å². The normalized spacial score (nSPS) is 16.6. The van der Waals surface area contributed by atoms with Gasteiger partial charge in [0.25, 0.3) is 0 Å². The molecule has 7 nitrogen and oxygen atoms in total. The van der Waals surface area contributed by atoms with Gasteiger partial charge in [0, 0.05) is 52.0 Å². The minimum Gasteiger partial charge on any atom is -0.375 e. The van der Waals surface area contributed by atoms with Gasteiger partial charge in [0.15, 0.2) is 0 Å². The van der Waals surface area contributed by atoms with Crippen LogP contribution < -0.4 is 10.2 Å². The molecule has 0 atom stereocenters. The van der Waals surface area contributed by atoms with Gasteiger partial charge >= 0.3 is 0 Å². The van der Waals surface area contributed by atoms with Crippen LogP contribution in [-0.2, 0) is 14.8 Å². The van der Waals surface area contributed by atoms with Gasteiger partial charge < -0.3 is 10.2 Å². The monoisotopic (exact) mass is 368 g/mol. The van der Waals surface area contributed by atoms with Gasteiger partial charge in [0.2, 0.25) is 15.9 Å². The highest BCUT2D eigenvalue weighted by Crippen LogP contribution is 2.10. The largest absolute Gasteiger partial charge is 0.375 e. The number of carbonyl (C=O) groups excluding carboxylic acids is 1. The molecule has 0 spiro atoms. The SMILES string of the molecule is CN(CCCNC(=O)CN1CCN(S(C)(=O)=O)CC1)c1ccccc1. The first-order chi connectivity index (χ1) is 11.9. The van der Waals surface area contributed by atoms with E-state index in [9.17, 15) is 13.2 Å². The summed E-state index contributed by atoms with van der Waals surface area (Å²) in [4.78, 5) is 16.2. The average Bonchev–Trinajstić information content (AvgIpc) is 2.59. The minimum atomic E-state index is -3.12. The molecule has 1 amide bonds. The summed E-state index contributed by atoms with van der Waals surface area (Å²) in [7, 11) is -1.08. The van der Waals surface area contributed by atoms with Crippen molar-refractivity contribution in [2.45, 2.75) is 6.42 Å². The van der Waals surface area contributed by atoms with Crippen LogP contribution in [0.4, 0.5) is 5.69 Å². The zero-order valence-electron chi connectivity index (χ0n) is 15.0. The number of nitrogens with zero attached hydrogens (tertiary/aromatic N) is 3. The third-order valence-electron chi connectivity index (χ3n) is 4.36. The second-order valence-electron chi connectivity index (χ2n) is 6.40. The van der Waals surface area contributed by atoms with E-state index in [-0.39, 0.29) is 5.91 Å². The standard InChI is InChI=1S/C17H28N4O3S/c1-19(16-7-4-3-5-8-16)10-6-9-18-17(22)15-20-11-13-21(14-12-20)25(2,23)24/h3-5,7-8H,6,9-15H2,1-2H3,(H,18,22). The van der Waals surface area contributed by atoms with Crippen molar-refractivity contribution in [1.82, 2.24) is 14.5 Å². The molecular formula is C17H28N4O3S. The van der Waals surface area contributed by atoms with Crippen LogP contribution in [-0.4, -0.2) is 82.6 Å². The summed E-state index contributed by atoms with van der Waals surface area (Å²) in [5, 5.41) is 2.94. The molecule has 1 aromatic rings. The Kier molecular flexibility index (Phi) is 7.22. The summed E-state index contributed by atoms with van der Waals surface area (Å²) in [6, 6.07) is 10.1. The van der Waals surface area contributed by atoms with Gasteiger partial charge in [-0.1, -0.05) is 18.2 Å². The highest BCUT2D eigenvalue weighted by Gasteiger charge is 2.24. The lowest BCUT2D eigenvalue weighted by atomic mass is 10.3. The number of amides is 1. The number of piperazine rings is 1. The van der Waals surface area contributed by atoms with E-state index in [1.165, 1.54) is 10.6 Å². The van der Waals surface area contributed by atoms with Gasteiger partial charge in [-0.05, 0) is 18.6 Å². The van der Waals surface area contributed by atoms with E-state index in [4.69, 9.17) is 0 Å². The Bertz CT molecular complexity index is 643. The molecule has 1 saturated heterocycles. The van der Waals surface area contributed by atoms with E-state index in [1.54, 1.807) is 0 Å². The fourth-order valence-corrected chi connectivity index (χ4v) is 3.66. The fraction of sp³-hybridized carbons (Fsp3) is 0.588. The second kappa shape index (κ2) is 9.17. The first kappa shape index (κ1) is 19.7. The molecule has 2 rings (SSSR count). The number of anilines is 1. The zero-order chi connectivity index (χ0) is 18.3. The first-order valence-corrected chi connectivity index (χ1v) is 10.4. The van der Waals surface area contributed by atoms with Crippen LogP contribution in [0.3, 0.4) is 0 Å². The summed E-state index contributed by atoms with van der Waals surface area (Å²) >= 11 is 0. The molecule has 0 unspecified atom stereocenters. The van der Waals surface area contributed by atoms with Crippen molar-refractivity contribution in [3.05, 3.63) is 30.3 Å². The van der Waals surface area contributed by atoms with Crippen LogP contribution in [0.1, 0.15) is 6.42 Å². The summed E-state index contributed by atoms with van der Waals surface area (Å²) in [5.74, 6) is -0.00447. The summed E-state index contributed by atoms with van der Waals surface area (Å²) in [5.41, 5.74) is 1.16. The predicted molar refractivity (Wildman–Crippen MR) is 100 cm³/mol. The lowest BCUT2D eigenvalue weighted by molar-refractivity contribution is -0.122. The molecule has 1 aromatic carbocycles. The molecule has 1 aliphatic rings. The van der Waals surface area contributed by atoms with Crippen molar-refractivity contribution in [3.8, 4) is 0 Å². The number of nitrogens with one attached hydrogen (secondary N) is 1. The number of hydrogen-bond acceptors (Lipinski definition) is 5. The maximum atomic E-state index is 12.0. The third-order valence-corrected chi connectivity index (χ3v) is 5.66. The Balaban J connectivity index is 1.60. The van der Waals surface area contributed by atoms with Crippen LogP contribution in [0.25, 0.3) is 0 Å². The van der Waals surface area contributed by atoms with Crippen molar-refractivity contribution < 1.29 is 13.2 Å². The van der Waals surface area contributed by atoms with Crippen molar-refractivity contribution >= 4 is 21.6 Å². The van der Waals surface area contributed by atoms with E-state index in [0.29, 0.717) is 39.3 Å². The van der Waals surface area contributed by atoms with Crippen molar-refractivity contribution in [2.24, 2.45) is 0 Å². The Morgan fingerprint density at radius 1 is 1.16 bits per heavy atom. The van der Waals surface area contributed by atoms with E-state index < -0.39 is 10.0 Å². The predicted octanol–water partition coefficient (Wildman–Crippen LogP) is 0.206. The summed E-state index contributed by atoms with van der Waals surface area (Å²) in [6.45, 7) is 3.93. The van der Waals surface area contributed by atoms with Gasteiger partial charge in [-0.3, -0.25) is 9.69 Å². The van der Waals surface area contributed by atoms with Crippen molar-refractivity contribution in [1.29, 1.82) is 0 Å². The molecule has 0 saturated carbocycles. The quantitative estimate of drug-likeness (QED) is 0.664. The fourth-order valence-electron chi connectivity index (χ4n) is 2.83. The highest BCUT2D eigenvalue weighted by atomic mass is 32.2. The number of hydrogen-bond donors (Lipinski definition) is 1. The first-order valence-electron chi connectivity index (χ1n) is 8.56. The molecule has 0 aliphatic carbocycles. The molecule has 1 heterocycles. The number of carbonyl (C=O) groups is 1. The Morgan fingerprint density at radius 3 is 2.40 bits per heavy atom. The van der Waals surface area contributed by atoms with Gasteiger partial charge in [-0.15, -0.1) is 0 Å². The smallest absolute Gasteiger partial charge is 0.234 e. The third kappa shape index (κ3) is 6.64. The molecular weight excluding hydrogens is 340 g/mol. The van der Waals surface area contributed by atoms with E-state index in [0.717, 1.165) is 18.7 Å². The van der Waals surface area contributed by atoms with Crippen LogP contribution in [0.2, 0.25) is 0 Å². The molecule has 1 aliphatic heterocycles. The Morgan fingerprint density at radius 2 is 1.80 bits per heavy atom. The topological polar surface area (TPSA) is 73.0 Å². The number of rotatable bonds is 8. The molecule has 0 radical (unpaired) electrons. The van der Waals surface area contributed by atoms with Gasteiger partial charge in [-0.25, -0.2) is 8.42 Å². The van der Waals surface area contributed by atoms with Gasteiger partial charge in [0.1, 0.15) is 0 Å². The number of para-hydroxylation sites is 1. The molecule has 0 bridgehead atoms. The van der Waals surface area contributed by atoms with Gasteiger partial charge in [-0.2, -0.15) is 4.31 Å². The summed E-state index contributed by atoms with van der Waals surface area (Å²) in [6.07, 6.45) is 2.10. The van der Waals surface area contributed by atoms with Crippen LogP contribution in [0, 0.1) is 0 Å². The molecule has 8 heteroatoms. The van der Waals surface area contributed by atoms with E-state index in [1.807, 2.05) is 30.1 Å². The maximum absolute atomic E-state index is 12.0. The van der Waals surface area contributed by atoms with Crippen molar-refractivity contribution in [3.63, 3.8) is 0 Å². The van der Waals surface area contributed by atoms with Crippen LogP contribution in [0.5, 0.6) is 0 Å². The zero-order valence-corrected chi connectivity index (χ0v) is 15.8. The van der Waals surface area contributed by atoms with Crippen molar-refractivity contribution in [2.75, 3.05) is 64.0 Å². The van der Waals surface area contributed by atoms with Crippen LogP contribution >= 0.6 is 0 Å². The van der Waals surface area contributed by atoms with E-state index >= 15 is 0 Å². The summed E-state index contributed by atoms with van der Waals surface area (Å²) < 4.78 is 24.4. The van der Waals surface area contributed by atoms with E-state index in [2.05, 4.69) is 22.3 Å². The second-order valence-corrected chi connectivity index (χ2v) is 8.38. The molecule has 1 fully saturated rings. The van der Waals surface area contributed by atoms with Gasteiger partial charge in [0.05, 0.1) is 12.8 Å². The lowest BCUT2D eigenvalue weighted by Gasteiger charge is -2.32. The number of benzene rings is 1. The minimum absolute atomic E-state index is 0.00447. The highest BCUT2D eigenvalue weighted by molar-refractivity contribution is 7.88. The molecule has 25 heavy (non-hydrogen) atoms.